The van der Waals surface area contributed by atoms with E-state index < -0.39 is 0 Å². The summed E-state index contributed by atoms with van der Waals surface area (Å²) in [6.45, 7) is 0.588. The Morgan fingerprint density at radius 3 is 2.69 bits per heavy atom. The molecule has 0 heterocycles. The van der Waals surface area contributed by atoms with Crippen LogP contribution in [0.2, 0.25) is 0 Å². The normalized spacial score (nSPS) is 24.8. The molecule has 16 heavy (non-hydrogen) atoms. The minimum atomic E-state index is -0.165. The minimum absolute atomic E-state index is 0.0795. The summed E-state index contributed by atoms with van der Waals surface area (Å²) in [5, 5.41) is 11.5. The third-order valence-corrected chi connectivity index (χ3v) is 2.89. The third-order valence-electron chi connectivity index (χ3n) is 2.89. The van der Waals surface area contributed by atoms with Crippen LogP contribution in [0.25, 0.3) is 0 Å². The average Bonchev–Trinajstić information content (AvgIpc) is 2.34. The van der Waals surface area contributed by atoms with Crippen LogP contribution in [-0.4, -0.2) is 36.9 Å². The number of carbonyl (C=O) groups is 1. The lowest BCUT2D eigenvalue weighted by Crippen LogP contribution is -2.31. The molecule has 1 rings (SSSR count). The number of aliphatic hydroxyl groups is 1. The van der Waals surface area contributed by atoms with Crippen molar-refractivity contribution in [3.05, 3.63) is 0 Å². The van der Waals surface area contributed by atoms with E-state index >= 15 is 0 Å². The highest BCUT2D eigenvalue weighted by atomic mass is 16.5. The van der Waals surface area contributed by atoms with Crippen molar-refractivity contribution in [1.29, 1.82) is 0 Å². The molecule has 0 unspecified atom stereocenters. The van der Waals surface area contributed by atoms with Gasteiger partial charge in [-0.05, 0) is 31.6 Å². The van der Waals surface area contributed by atoms with Gasteiger partial charge < -0.3 is 15.2 Å². The van der Waals surface area contributed by atoms with E-state index in [-0.39, 0.29) is 31.8 Å². The van der Waals surface area contributed by atoms with Crippen LogP contribution < -0.4 is 5.32 Å². The summed E-state index contributed by atoms with van der Waals surface area (Å²) < 4.78 is 5.47. The standard InChI is InChI=1S/C12H19NO3/c1-2-7-13-12(15)9-16-11-5-3-10(8-14)4-6-11/h1,10-11,14H,3-9H2,(H,13,15). The van der Waals surface area contributed by atoms with Crippen molar-refractivity contribution in [1.82, 2.24) is 5.32 Å². The van der Waals surface area contributed by atoms with Crippen LogP contribution >= 0.6 is 0 Å². The highest BCUT2D eigenvalue weighted by molar-refractivity contribution is 5.77. The van der Waals surface area contributed by atoms with Crippen LogP contribution in [0, 0.1) is 18.3 Å². The molecule has 0 spiro atoms. The number of nitrogens with one attached hydrogen (secondary N) is 1. The number of hydrogen-bond donors (Lipinski definition) is 2. The molecule has 0 bridgehead atoms. The lowest BCUT2D eigenvalue weighted by atomic mass is 9.88. The number of ether oxygens (including phenoxy) is 1. The van der Waals surface area contributed by atoms with Gasteiger partial charge in [-0.2, -0.15) is 0 Å². The van der Waals surface area contributed by atoms with E-state index in [0.717, 1.165) is 25.7 Å². The maximum atomic E-state index is 11.2. The van der Waals surface area contributed by atoms with Gasteiger partial charge >= 0.3 is 0 Å². The first-order valence-corrected chi connectivity index (χ1v) is 5.69. The molecular weight excluding hydrogens is 206 g/mol. The number of carbonyl (C=O) groups excluding carboxylic acids is 1. The summed E-state index contributed by atoms with van der Waals surface area (Å²) in [5.74, 6) is 2.58. The van der Waals surface area contributed by atoms with E-state index in [2.05, 4.69) is 11.2 Å². The summed E-state index contributed by atoms with van der Waals surface area (Å²) in [6.07, 6.45) is 8.98. The first kappa shape index (κ1) is 13.0. The topological polar surface area (TPSA) is 58.6 Å². The smallest absolute Gasteiger partial charge is 0.246 e. The average molecular weight is 225 g/mol. The highest BCUT2D eigenvalue weighted by Crippen LogP contribution is 2.25. The van der Waals surface area contributed by atoms with Crippen molar-refractivity contribution >= 4 is 5.91 Å². The Kier molecular flexibility index (Phi) is 5.91. The number of terminal acetylenes is 1. The van der Waals surface area contributed by atoms with Gasteiger partial charge in [-0.3, -0.25) is 4.79 Å². The van der Waals surface area contributed by atoms with Gasteiger partial charge in [-0.1, -0.05) is 5.92 Å². The van der Waals surface area contributed by atoms with E-state index in [1.807, 2.05) is 0 Å². The molecule has 1 fully saturated rings. The number of hydrogen-bond acceptors (Lipinski definition) is 3. The number of rotatable bonds is 5. The lowest BCUT2D eigenvalue weighted by Gasteiger charge is -2.27. The van der Waals surface area contributed by atoms with Crippen LogP contribution in [-0.2, 0) is 9.53 Å². The fourth-order valence-corrected chi connectivity index (χ4v) is 1.88. The van der Waals surface area contributed by atoms with Gasteiger partial charge in [0.25, 0.3) is 0 Å². The fraction of sp³-hybridized carbons (Fsp3) is 0.750. The Labute approximate surface area is 96.4 Å². The molecule has 1 aliphatic carbocycles. The summed E-state index contributed by atoms with van der Waals surface area (Å²) in [5.41, 5.74) is 0. The van der Waals surface area contributed by atoms with Crippen LogP contribution in [0.1, 0.15) is 25.7 Å². The van der Waals surface area contributed by atoms with E-state index in [0.29, 0.717) is 5.92 Å². The molecule has 2 N–H and O–H groups in total. The molecule has 0 radical (unpaired) electrons. The fourth-order valence-electron chi connectivity index (χ4n) is 1.88. The Morgan fingerprint density at radius 2 is 2.12 bits per heavy atom. The van der Waals surface area contributed by atoms with Crippen LogP contribution in [0.4, 0.5) is 0 Å². The van der Waals surface area contributed by atoms with Gasteiger partial charge in [0.1, 0.15) is 6.61 Å². The maximum absolute atomic E-state index is 11.2. The predicted octanol–water partition coefficient (Wildman–Crippen LogP) is 0.303. The van der Waals surface area contributed by atoms with E-state index in [9.17, 15) is 4.79 Å². The number of aliphatic hydroxyl groups excluding tert-OH is 1. The molecule has 0 aromatic carbocycles. The largest absolute Gasteiger partial charge is 0.396 e. The minimum Gasteiger partial charge on any atom is -0.396 e. The van der Waals surface area contributed by atoms with Gasteiger partial charge in [-0.15, -0.1) is 6.42 Å². The van der Waals surface area contributed by atoms with Crippen molar-refractivity contribution in [2.45, 2.75) is 31.8 Å². The van der Waals surface area contributed by atoms with Crippen LogP contribution in [0.5, 0.6) is 0 Å². The second kappa shape index (κ2) is 7.26. The molecule has 1 saturated carbocycles. The number of amides is 1. The van der Waals surface area contributed by atoms with E-state index in [4.69, 9.17) is 16.3 Å². The lowest BCUT2D eigenvalue weighted by molar-refractivity contribution is -0.128. The zero-order valence-electron chi connectivity index (χ0n) is 9.45. The molecule has 1 amide bonds. The Morgan fingerprint density at radius 1 is 1.44 bits per heavy atom. The third kappa shape index (κ3) is 4.65. The molecular formula is C12H19NO3. The molecule has 0 atom stereocenters. The zero-order chi connectivity index (χ0) is 11.8. The molecule has 0 saturated heterocycles. The monoisotopic (exact) mass is 225 g/mol. The second-order valence-corrected chi connectivity index (χ2v) is 4.12. The molecule has 0 aromatic heterocycles. The molecule has 4 nitrogen and oxygen atoms in total. The van der Waals surface area contributed by atoms with Crippen molar-refractivity contribution in [3.8, 4) is 12.3 Å². The van der Waals surface area contributed by atoms with Gasteiger partial charge in [0.15, 0.2) is 0 Å². The SMILES string of the molecule is C#CCNC(=O)COC1CCC(CO)CC1. The van der Waals surface area contributed by atoms with Gasteiger partial charge in [0, 0.05) is 6.61 Å². The first-order chi connectivity index (χ1) is 7.76. The van der Waals surface area contributed by atoms with Gasteiger partial charge in [0.2, 0.25) is 5.91 Å². The zero-order valence-corrected chi connectivity index (χ0v) is 9.45. The summed E-state index contributed by atoms with van der Waals surface area (Å²) in [7, 11) is 0. The molecule has 0 aliphatic heterocycles. The van der Waals surface area contributed by atoms with Gasteiger partial charge in [-0.25, -0.2) is 0 Å². The molecule has 0 aromatic rings. The van der Waals surface area contributed by atoms with Gasteiger partial charge in [0.05, 0.1) is 12.6 Å². The molecule has 4 heteroatoms. The molecule has 90 valence electrons. The van der Waals surface area contributed by atoms with Crippen molar-refractivity contribution < 1.29 is 14.6 Å². The van der Waals surface area contributed by atoms with Crippen LogP contribution in [0.3, 0.4) is 0 Å². The molecule has 1 aliphatic rings. The van der Waals surface area contributed by atoms with Crippen molar-refractivity contribution in [2.24, 2.45) is 5.92 Å². The second-order valence-electron chi connectivity index (χ2n) is 4.12. The summed E-state index contributed by atoms with van der Waals surface area (Å²) in [4.78, 5) is 11.2. The highest BCUT2D eigenvalue weighted by Gasteiger charge is 2.21. The van der Waals surface area contributed by atoms with E-state index in [1.54, 1.807) is 0 Å². The first-order valence-electron chi connectivity index (χ1n) is 5.69. The maximum Gasteiger partial charge on any atom is 0.246 e. The van der Waals surface area contributed by atoms with Crippen LogP contribution in [0.15, 0.2) is 0 Å². The summed E-state index contributed by atoms with van der Waals surface area (Å²) >= 11 is 0. The van der Waals surface area contributed by atoms with Crippen molar-refractivity contribution in [3.63, 3.8) is 0 Å². The summed E-state index contributed by atoms with van der Waals surface area (Å²) in [6, 6.07) is 0. The van der Waals surface area contributed by atoms with E-state index in [1.165, 1.54) is 0 Å². The predicted molar refractivity (Wildman–Crippen MR) is 60.6 cm³/mol. The Balaban J connectivity index is 2.10. The Hall–Kier alpha value is -1.05. The Bertz CT molecular complexity index is 251. The van der Waals surface area contributed by atoms with Crippen molar-refractivity contribution in [2.75, 3.05) is 19.8 Å². The quantitative estimate of drug-likeness (QED) is 0.662.